The minimum Gasteiger partial charge on any atom is -0.298 e. The molecule has 0 fully saturated rings. The third-order valence-electron chi connectivity index (χ3n) is 2.24. The van der Waals surface area contributed by atoms with E-state index in [-0.39, 0.29) is 18.5 Å². The van der Waals surface area contributed by atoms with Crippen molar-refractivity contribution in [3.05, 3.63) is 35.6 Å². The molecule has 0 saturated heterocycles. The molecule has 0 unspecified atom stereocenters. The first-order valence-electron chi connectivity index (χ1n) is 5.28. The molecule has 18 heavy (non-hydrogen) atoms. The van der Waals surface area contributed by atoms with Crippen LogP contribution in [0.5, 0.6) is 0 Å². The fourth-order valence-corrected chi connectivity index (χ4v) is 1.57. The predicted octanol–water partition coefficient (Wildman–Crippen LogP) is 2.43. The van der Waals surface area contributed by atoms with Crippen molar-refractivity contribution in [2.45, 2.75) is 12.6 Å². The van der Waals surface area contributed by atoms with Gasteiger partial charge in [-0.2, -0.15) is 13.2 Å². The number of nitrogens with zero attached hydrogens (tertiary/aromatic N) is 1. The second-order valence-corrected chi connectivity index (χ2v) is 4.09. The van der Waals surface area contributed by atoms with Crippen LogP contribution >= 0.6 is 0 Å². The highest BCUT2D eigenvalue weighted by atomic mass is 19.4. The second-order valence-electron chi connectivity index (χ2n) is 4.09. The average Bonchev–Trinajstić information content (AvgIpc) is 2.18. The molecule has 1 aromatic rings. The Morgan fingerprint density at radius 1 is 1.28 bits per heavy atom. The van der Waals surface area contributed by atoms with Gasteiger partial charge in [-0.15, -0.1) is 0 Å². The number of hydrogen-bond acceptors (Lipinski definition) is 2. The molecule has 0 atom stereocenters. The summed E-state index contributed by atoms with van der Waals surface area (Å²) < 4.78 is 49.3. The molecular formula is C12H13F4NO. The van der Waals surface area contributed by atoms with Gasteiger partial charge in [-0.3, -0.25) is 9.69 Å². The van der Waals surface area contributed by atoms with Gasteiger partial charge in [-0.1, -0.05) is 18.2 Å². The molecule has 0 N–H and O–H groups in total. The van der Waals surface area contributed by atoms with E-state index < -0.39 is 24.3 Å². The smallest absolute Gasteiger partial charge is 0.298 e. The fourth-order valence-electron chi connectivity index (χ4n) is 1.57. The summed E-state index contributed by atoms with van der Waals surface area (Å²) in [4.78, 5) is 12.3. The van der Waals surface area contributed by atoms with E-state index in [1.807, 2.05) is 0 Å². The van der Waals surface area contributed by atoms with Gasteiger partial charge >= 0.3 is 6.18 Å². The summed E-state index contributed by atoms with van der Waals surface area (Å²) in [6, 6.07) is 5.71. The number of carbonyl (C=O) groups is 1. The Hall–Kier alpha value is -1.43. The lowest BCUT2D eigenvalue weighted by Crippen LogP contribution is -2.35. The number of benzene rings is 1. The van der Waals surface area contributed by atoms with Crippen molar-refractivity contribution < 1.29 is 22.4 Å². The maximum absolute atomic E-state index is 13.2. The zero-order chi connectivity index (χ0) is 13.8. The zero-order valence-corrected chi connectivity index (χ0v) is 9.80. The van der Waals surface area contributed by atoms with E-state index in [9.17, 15) is 22.4 Å². The number of likely N-dealkylation sites (N-methyl/N-ethyl adjacent to an activating group) is 1. The van der Waals surface area contributed by atoms with E-state index in [1.165, 1.54) is 25.2 Å². The van der Waals surface area contributed by atoms with Crippen molar-refractivity contribution in [1.82, 2.24) is 4.90 Å². The van der Waals surface area contributed by atoms with Crippen LogP contribution in [0.15, 0.2) is 24.3 Å². The molecule has 0 aromatic heterocycles. The molecule has 0 radical (unpaired) electrons. The Balaban J connectivity index is 2.50. The van der Waals surface area contributed by atoms with Crippen LogP contribution < -0.4 is 0 Å². The first kappa shape index (κ1) is 14.6. The molecule has 0 aliphatic heterocycles. The van der Waals surface area contributed by atoms with E-state index in [2.05, 4.69) is 0 Å². The number of alkyl halides is 3. The first-order valence-corrected chi connectivity index (χ1v) is 5.28. The largest absolute Gasteiger partial charge is 0.401 e. The standard InChI is InChI=1S/C12H13F4NO/c1-17(8-12(14,15)16)7-10(18)6-9-4-2-3-5-11(9)13/h2-5H,6-8H2,1H3. The van der Waals surface area contributed by atoms with Gasteiger partial charge in [0.2, 0.25) is 0 Å². The quantitative estimate of drug-likeness (QED) is 0.760. The third kappa shape index (κ3) is 5.27. The minimum atomic E-state index is -4.34. The number of carbonyl (C=O) groups excluding carboxylic acids is 1. The van der Waals surface area contributed by atoms with Crippen LogP contribution in [-0.2, 0) is 11.2 Å². The van der Waals surface area contributed by atoms with E-state index in [0.29, 0.717) is 0 Å². The number of hydrogen-bond donors (Lipinski definition) is 0. The molecule has 0 heterocycles. The van der Waals surface area contributed by atoms with Gasteiger partial charge in [0.1, 0.15) is 5.82 Å². The molecule has 1 rings (SSSR count). The van der Waals surface area contributed by atoms with E-state index in [0.717, 1.165) is 4.90 Å². The van der Waals surface area contributed by atoms with Crippen LogP contribution in [0, 0.1) is 5.82 Å². The number of Topliss-reactive ketones (excluding diaryl/α,β-unsaturated/α-hetero) is 1. The molecule has 6 heteroatoms. The fraction of sp³-hybridized carbons (Fsp3) is 0.417. The summed E-state index contributed by atoms with van der Waals surface area (Å²) in [7, 11) is 1.20. The zero-order valence-electron chi connectivity index (χ0n) is 9.80. The first-order chi connectivity index (χ1) is 8.28. The van der Waals surface area contributed by atoms with Gasteiger partial charge in [0, 0.05) is 6.42 Å². The molecule has 2 nitrogen and oxygen atoms in total. The lowest BCUT2D eigenvalue weighted by Gasteiger charge is -2.17. The molecule has 0 amide bonds. The molecule has 0 spiro atoms. The van der Waals surface area contributed by atoms with E-state index in [1.54, 1.807) is 6.07 Å². The second kappa shape index (κ2) is 5.95. The minimum absolute atomic E-state index is 0.197. The molecular weight excluding hydrogens is 250 g/mol. The highest BCUT2D eigenvalue weighted by Gasteiger charge is 2.29. The Bertz CT molecular complexity index is 417. The Morgan fingerprint density at radius 2 is 1.89 bits per heavy atom. The van der Waals surface area contributed by atoms with Crippen molar-refractivity contribution in [2.24, 2.45) is 0 Å². The maximum Gasteiger partial charge on any atom is 0.401 e. The molecule has 0 aliphatic carbocycles. The Labute approximate surface area is 102 Å². The van der Waals surface area contributed by atoms with Crippen LogP contribution in [-0.4, -0.2) is 37.0 Å². The van der Waals surface area contributed by atoms with Gasteiger partial charge in [0.15, 0.2) is 5.78 Å². The third-order valence-corrected chi connectivity index (χ3v) is 2.24. The topological polar surface area (TPSA) is 20.3 Å². The number of halogens is 4. The molecule has 0 saturated carbocycles. The Kier molecular flexibility index (Phi) is 4.84. The highest BCUT2D eigenvalue weighted by Crippen LogP contribution is 2.15. The number of rotatable bonds is 5. The van der Waals surface area contributed by atoms with Gasteiger partial charge in [-0.25, -0.2) is 4.39 Å². The van der Waals surface area contributed by atoms with Crippen LogP contribution in [0.4, 0.5) is 17.6 Å². The highest BCUT2D eigenvalue weighted by molar-refractivity contribution is 5.82. The predicted molar refractivity (Wildman–Crippen MR) is 58.7 cm³/mol. The van der Waals surface area contributed by atoms with Crippen LogP contribution in [0.3, 0.4) is 0 Å². The van der Waals surface area contributed by atoms with Gasteiger partial charge < -0.3 is 0 Å². The summed E-state index contributed by atoms with van der Waals surface area (Å²) in [5.74, 6) is -0.976. The van der Waals surface area contributed by atoms with Crippen molar-refractivity contribution in [1.29, 1.82) is 0 Å². The summed E-state index contributed by atoms with van der Waals surface area (Å²) in [5, 5.41) is 0. The van der Waals surface area contributed by atoms with Crippen molar-refractivity contribution in [3.63, 3.8) is 0 Å². The molecule has 1 aromatic carbocycles. The van der Waals surface area contributed by atoms with E-state index >= 15 is 0 Å². The monoisotopic (exact) mass is 263 g/mol. The lowest BCUT2D eigenvalue weighted by atomic mass is 10.1. The van der Waals surface area contributed by atoms with Gasteiger partial charge in [0.05, 0.1) is 13.1 Å². The van der Waals surface area contributed by atoms with Crippen LogP contribution in [0.25, 0.3) is 0 Å². The summed E-state index contributed by atoms with van der Waals surface area (Å²) in [6.45, 7) is -1.51. The van der Waals surface area contributed by atoms with Gasteiger partial charge in [0.25, 0.3) is 0 Å². The molecule has 100 valence electrons. The molecule has 0 aliphatic rings. The normalized spacial score (nSPS) is 11.9. The van der Waals surface area contributed by atoms with Crippen molar-refractivity contribution in [2.75, 3.05) is 20.1 Å². The van der Waals surface area contributed by atoms with E-state index in [4.69, 9.17) is 0 Å². The molecule has 0 bridgehead atoms. The lowest BCUT2D eigenvalue weighted by molar-refractivity contribution is -0.145. The average molecular weight is 263 g/mol. The SMILES string of the molecule is CN(CC(=O)Cc1ccccc1F)CC(F)(F)F. The van der Waals surface area contributed by atoms with Crippen molar-refractivity contribution >= 4 is 5.78 Å². The summed E-state index contributed by atoms with van der Waals surface area (Å²) in [5.41, 5.74) is 0.197. The summed E-state index contributed by atoms with van der Waals surface area (Å²) in [6.07, 6.45) is -4.54. The van der Waals surface area contributed by atoms with Crippen LogP contribution in [0.2, 0.25) is 0 Å². The maximum atomic E-state index is 13.2. The number of ketones is 1. The van der Waals surface area contributed by atoms with Crippen molar-refractivity contribution in [3.8, 4) is 0 Å². The van der Waals surface area contributed by atoms with Crippen LogP contribution in [0.1, 0.15) is 5.56 Å². The van der Waals surface area contributed by atoms with Gasteiger partial charge in [-0.05, 0) is 18.7 Å². The Morgan fingerprint density at radius 3 is 2.44 bits per heavy atom. The summed E-state index contributed by atoms with van der Waals surface area (Å²) >= 11 is 0.